The summed E-state index contributed by atoms with van der Waals surface area (Å²) < 4.78 is 0. The van der Waals surface area contributed by atoms with E-state index >= 15 is 0 Å². The number of aliphatic imine (C=N–C) groups is 1. The van der Waals surface area contributed by atoms with Gasteiger partial charge in [0.05, 0.1) is 5.69 Å². The Morgan fingerprint density at radius 1 is 1.07 bits per heavy atom. The molecule has 1 aromatic carbocycles. The third-order valence-corrected chi connectivity index (χ3v) is 5.86. The topological polar surface area (TPSA) is 57.6 Å². The van der Waals surface area contributed by atoms with Crippen molar-refractivity contribution in [2.24, 2.45) is 10.9 Å². The lowest BCUT2D eigenvalue weighted by Crippen LogP contribution is -2.52. The fraction of sp³-hybridized carbons (Fsp3) is 0.682. The standard InChI is InChI=1S/C22H38N6O.HI/c1-4-23-22(24-17-19(2)18-26-11-9-25(3)10-12-26)28-15-13-27(14-16-28)20-7-5-6-8-21(20)29;/h5-8,19,29H,4,9-18H2,1-3H3,(H,23,24);1H. The van der Waals surface area contributed by atoms with Gasteiger partial charge in [-0.1, -0.05) is 19.1 Å². The monoisotopic (exact) mass is 530 g/mol. The number of phenols is 1. The van der Waals surface area contributed by atoms with E-state index in [-0.39, 0.29) is 24.0 Å². The lowest BCUT2D eigenvalue weighted by atomic mass is 10.1. The molecule has 30 heavy (non-hydrogen) atoms. The Morgan fingerprint density at radius 2 is 1.73 bits per heavy atom. The van der Waals surface area contributed by atoms with Gasteiger partial charge in [0.15, 0.2) is 5.96 Å². The number of para-hydroxylation sites is 2. The van der Waals surface area contributed by atoms with Crippen LogP contribution in [-0.2, 0) is 0 Å². The molecule has 2 fully saturated rings. The van der Waals surface area contributed by atoms with Crippen LogP contribution < -0.4 is 10.2 Å². The van der Waals surface area contributed by atoms with E-state index in [1.54, 1.807) is 6.07 Å². The van der Waals surface area contributed by atoms with Gasteiger partial charge in [-0.2, -0.15) is 0 Å². The molecular formula is C22H39IN6O. The molecule has 1 atom stereocenters. The summed E-state index contributed by atoms with van der Waals surface area (Å²) in [7, 11) is 2.20. The smallest absolute Gasteiger partial charge is 0.194 e. The number of hydrogen-bond acceptors (Lipinski definition) is 5. The highest BCUT2D eigenvalue weighted by molar-refractivity contribution is 14.0. The second-order valence-electron chi connectivity index (χ2n) is 8.37. The van der Waals surface area contributed by atoms with Gasteiger partial charge < -0.3 is 30.0 Å². The number of piperazine rings is 2. The first kappa shape index (κ1) is 25.0. The highest BCUT2D eigenvalue weighted by Crippen LogP contribution is 2.27. The molecule has 0 bridgehead atoms. The van der Waals surface area contributed by atoms with E-state index in [0.29, 0.717) is 11.7 Å². The first-order valence-corrected chi connectivity index (χ1v) is 11.0. The molecule has 0 aromatic heterocycles. The number of rotatable bonds is 6. The van der Waals surface area contributed by atoms with Gasteiger partial charge in [0.2, 0.25) is 0 Å². The molecule has 1 aromatic rings. The van der Waals surface area contributed by atoms with Crippen molar-refractivity contribution in [2.75, 3.05) is 83.9 Å². The zero-order valence-corrected chi connectivity index (χ0v) is 21.1. The van der Waals surface area contributed by atoms with Crippen LogP contribution in [0.1, 0.15) is 13.8 Å². The molecule has 3 rings (SSSR count). The minimum Gasteiger partial charge on any atom is -0.506 e. The Kier molecular flexibility index (Phi) is 10.5. The fourth-order valence-electron chi connectivity index (χ4n) is 4.09. The molecule has 2 N–H and O–H groups in total. The lowest BCUT2D eigenvalue weighted by Gasteiger charge is -2.38. The molecule has 8 heteroatoms. The maximum absolute atomic E-state index is 10.1. The number of benzene rings is 1. The summed E-state index contributed by atoms with van der Waals surface area (Å²) >= 11 is 0. The van der Waals surface area contributed by atoms with Crippen LogP contribution in [0.4, 0.5) is 5.69 Å². The Hall–Kier alpha value is -1.26. The summed E-state index contributed by atoms with van der Waals surface area (Å²) in [5.74, 6) is 1.93. The maximum Gasteiger partial charge on any atom is 0.194 e. The third kappa shape index (κ3) is 7.16. The van der Waals surface area contributed by atoms with Gasteiger partial charge in [-0.3, -0.25) is 4.99 Å². The van der Waals surface area contributed by atoms with Gasteiger partial charge in [-0.15, -0.1) is 24.0 Å². The minimum atomic E-state index is 0. The first-order chi connectivity index (χ1) is 14.1. The van der Waals surface area contributed by atoms with Crippen LogP contribution in [-0.4, -0.2) is 105 Å². The lowest BCUT2D eigenvalue weighted by molar-refractivity contribution is 0.140. The molecule has 0 saturated carbocycles. The maximum atomic E-state index is 10.1. The van der Waals surface area contributed by atoms with Gasteiger partial charge in [0, 0.05) is 72.0 Å². The average molecular weight is 530 g/mol. The van der Waals surface area contributed by atoms with Crippen LogP contribution >= 0.6 is 24.0 Å². The summed E-state index contributed by atoms with van der Waals surface area (Å²) in [6.45, 7) is 15.6. The summed E-state index contributed by atoms with van der Waals surface area (Å²) in [6.07, 6.45) is 0. The quantitative estimate of drug-likeness (QED) is 0.334. The molecule has 0 spiro atoms. The highest BCUT2D eigenvalue weighted by Gasteiger charge is 2.22. The van der Waals surface area contributed by atoms with Crippen molar-refractivity contribution in [1.29, 1.82) is 0 Å². The highest BCUT2D eigenvalue weighted by atomic mass is 127. The number of nitrogens with one attached hydrogen (secondary N) is 1. The molecule has 0 aliphatic carbocycles. The normalized spacial score (nSPS) is 20.0. The van der Waals surface area contributed by atoms with Gasteiger partial charge in [0.1, 0.15) is 5.75 Å². The summed E-state index contributed by atoms with van der Waals surface area (Å²) in [5.41, 5.74) is 0.926. The number of nitrogens with zero attached hydrogens (tertiary/aromatic N) is 5. The van der Waals surface area contributed by atoms with Gasteiger partial charge in [-0.25, -0.2) is 0 Å². The number of halogens is 1. The predicted molar refractivity (Wildman–Crippen MR) is 136 cm³/mol. The van der Waals surface area contributed by atoms with Gasteiger partial charge in [-0.05, 0) is 32.0 Å². The molecule has 170 valence electrons. The van der Waals surface area contributed by atoms with E-state index in [2.05, 4.69) is 45.8 Å². The van der Waals surface area contributed by atoms with Crippen LogP contribution in [0.15, 0.2) is 29.3 Å². The van der Waals surface area contributed by atoms with E-state index in [0.717, 1.165) is 57.5 Å². The van der Waals surface area contributed by atoms with Crippen molar-refractivity contribution < 1.29 is 5.11 Å². The Morgan fingerprint density at radius 3 is 2.37 bits per heavy atom. The van der Waals surface area contributed by atoms with E-state index in [1.165, 1.54) is 26.2 Å². The Balaban J connectivity index is 0.00000320. The van der Waals surface area contributed by atoms with E-state index in [1.807, 2.05) is 18.2 Å². The molecule has 2 aliphatic rings. The molecule has 0 amide bonds. The number of anilines is 1. The SMILES string of the molecule is CCNC(=NCC(C)CN1CCN(C)CC1)N1CCN(c2ccccc2O)CC1.I. The van der Waals surface area contributed by atoms with Crippen LogP contribution in [0.5, 0.6) is 5.75 Å². The number of aromatic hydroxyl groups is 1. The predicted octanol–water partition coefficient (Wildman–Crippen LogP) is 1.98. The van der Waals surface area contributed by atoms with E-state index in [4.69, 9.17) is 4.99 Å². The number of hydrogen-bond donors (Lipinski definition) is 2. The third-order valence-electron chi connectivity index (χ3n) is 5.86. The van der Waals surface area contributed by atoms with Crippen LogP contribution in [0.3, 0.4) is 0 Å². The van der Waals surface area contributed by atoms with Crippen LogP contribution in [0, 0.1) is 5.92 Å². The molecule has 2 heterocycles. The summed E-state index contributed by atoms with van der Waals surface area (Å²) in [4.78, 5) is 14.5. The van der Waals surface area contributed by atoms with Crippen molar-refractivity contribution in [3.8, 4) is 5.75 Å². The summed E-state index contributed by atoms with van der Waals surface area (Å²) in [6, 6.07) is 7.60. The van der Waals surface area contributed by atoms with Crippen molar-refractivity contribution in [2.45, 2.75) is 13.8 Å². The molecule has 2 saturated heterocycles. The largest absolute Gasteiger partial charge is 0.506 e. The second kappa shape index (κ2) is 12.6. The van der Waals surface area contributed by atoms with Gasteiger partial charge >= 0.3 is 0 Å². The number of guanidine groups is 1. The molecule has 7 nitrogen and oxygen atoms in total. The zero-order chi connectivity index (χ0) is 20.6. The van der Waals surface area contributed by atoms with Gasteiger partial charge in [0.25, 0.3) is 0 Å². The summed E-state index contributed by atoms with van der Waals surface area (Å²) in [5, 5.41) is 13.6. The van der Waals surface area contributed by atoms with Crippen LogP contribution in [0.2, 0.25) is 0 Å². The Bertz CT molecular complexity index is 657. The molecule has 0 radical (unpaired) electrons. The first-order valence-electron chi connectivity index (χ1n) is 11.0. The zero-order valence-electron chi connectivity index (χ0n) is 18.8. The Labute approximate surface area is 199 Å². The van der Waals surface area contributed by atoms with Crippen molar-refractivity contribution in [3.63, 3.8) is 0 Å². The van der Waals surface area contributed by atoms with Crippen molar-refractivity contribution in [3.05, 3.63) is 24.3 Å². The number of likely N-dealkylation sites (N-methyl/N-ethyl adjacent to an activating group) is 1. The van der Waals surface area contributed by atoms with E-state index in [9.17, 15) is 5.11 Å². The average Bonchev–Trinajstić information content (AvgIpc) is 2.73. The van der Waals surface area contributed by atoms with E-state index < -0.39 is 0 Å². The molecule has 1 unspecified atom stereocenters. The molecular weight excluding hydrogens is 491 g/mol. The molecule has 2 aliphatic heterocycles. The van der Waals surface area contributed by atoms with Crippen LogP contribution in [0.25, 0.3) is 0 Å². The fourth-order valence-corrected chi connectivity index (χ4v) is 4.09. The van der Waals surface area contributed by atoms with Crippen molar-refractivity contribution in [1.82, 2.24) is 20.0 Å². The second-order valence-corrected chi connectivity index (χ2v) is 8.37. The number of phenolic OH excluding ortho intramolecular Hbond substituents is 1. The minimum absolute atomic E-state index is 0. The van der Waals surface area contributed by atoms with Crippen molar-refractivity contribution >= 4 is 35.6 Å².